The maximum atomic E-state index is 13.2. The molecular weight excluding hydrogens is 378 g/mol. The molecule has 164 valence electrons. The first kappa shape index (κ1) is 21.2. The number of nitrogens with one attached hydrogen (secondary N) is 1. The van der Waals surface area contributed by atoms with Gasteiger partial charge in [0.25, 0.3) is 0 Å². The SMILES string of the molecule is COc1ccc(C2C(C(=O)NCC3(CN4CCCCC4)CC3)CCC(=O)N2C)cc1. The van der Waals surface area contributed by atoms with Crippen molar-refractivity contribution in [2.24, 2.45) is 11.3 Å². The molecule has 2 atom stereocenters. The highest BCUT2D eigenvalue weighted by molar-refractivity contribution is 5.85. The molecule has 3 fully saturated rings. The minimum Gasteiger partial charge on any atom is -0.497 e. The Morgan fingerprint density at radius 2 is 1.87 bits per heavy atom. The summed E-state index contributed by atoms with van der Waals surface area (Å²) < 4.78 is 5.26. The van der Waals surface area contributed by atoms with E-state index in [1.165, 1.54) is 45.2 Å². The first-order valence-electron chi connectivity index (χ1n) is 11.4. The van der Waals surface area contributed by atoms with Gasteiger partial charge >= 0.3 is 0 Å². The van der Waals surface area contributed by atoms with E-state index in [9.17, 15) is 9.59 Å². The standard InChI is InChI=1S/C24H35N3O3/c1-26-21(28)11-10-20(22(26)18-6-8-19(30-2)9-7-18)23(29)25-16-24(12-13-24)17-27-14-4-3-5-15-27/h6-9,20,22H,3-5,10-17H2,1-2H3,(H,25,29). The molecule has 0 spiro atoms. The quantitative estimate of drug-likeness (QED) is 0.747. The Labute approximate surface area is 179 Å². The molecule has 30 heavy (non-hydrogen) atoms. The maximum absolute atomic E-state index is 13.2. The Hall–Kier alpha value is -2.08. The molecule has 6 nitrogen and oxygen atoms in total. The summed E-state index contributed by atoms with van der Waals surface area (Å²) >= 11 is 0. The van der Waals surface area contributed by atoms with Gasteiger partial charge in [0.05, 0.1) is 19.1 Å². The largest absolute Gasteiger partial charge is 0.497 e. The molecule has 1 aromatic rings. The molecule has 4 rings (SSSR count). The molecule has 1 N–H and O–H groups in total. The lowest BCUT2D eigenvalue weighted by atomic mass is 9.83. The van der Waals surface area contributed by atoms with Crippen LogP contribution in [0, 0.1) is 11.3 Å². The second kappa shape index (κ2) is 8.96. The van der Waals surface area contributed by atoms with Crippen molar-refractivity contribution in [2.75, 3.05) is 40.3 Å². The predicted molar refractivity (Wildman–Crippen MR) is 116 cm³/mol. The molecule has 2 heterocycles. The predicted octanol–water partition coefficient (Wildman–Crippen LogP) is 2.99. The van der Waals surface area contributed by atoms with Crippen LogP contribution in [0.4, 0.5) is 0 Å². The third-order valence-corrected chi connectivity index (χ3v) is 7.26. The molecule has 2 amide bonds. The molecule has 0 bridgehead atoms. The summed E-state index contributed by atoms with van der Waals surface area (Å²) in [4.78, 5) is 29.9. The van der Waals surface area contributed by atoms with Gasteiger partial charge in [0.15, 0.2) is 0 Å². The summed E-state index contributed by atoms with van der Waals surface area (Å²) in [5.74, 6) is 0.744. The number of amides is 2. The fraction of sp³-hybridized carbons (Fsp3) is 0.667. The average molecular weight is 414 g/mol. The smallest absolute Gasteiger partial charge is 0.225 e. The zero-order valence-electron chi connectivity index (χ0n) is 18.4. The second-order valence-corrected chi connectivity index (χ2v) is 9.42. The van der Waals surface area contributed by atoms with Crippen LogP contribution < -0.4 is 10.1 Å². The minimum absolute atomic E-state index is 0.0834. The number of carbonyl (C=O) groups is 2. The number of piperidine rings is 2. The number of hydrogen-bond donors (Lipinski definition) is 1. The number of nitrogens with zero attached hydrogens (tertiary/aromatic N) is 2. The van der Waals surface area contributed by atoms with Gasteiger partial charge in [-0.05, 0) is 62.9 Å². The van der Waals surface area contributed by atoms with Crippen LogP contribution >= 0.6 is 0 Å². The van der Waals surface area contributed by atoms with Crippen LogP contribution in [-0.4, -0.2) is 62.0 Å². The summed E-state index contributed by atoms with van der Waals surface area (Å²) in [5.41, 5.74) is 1.25. The van der Waals surface area contributed by atoms with Crippen molar-refractivity contribution in [2.45, 2.75) is 51.0 Å². The second-order valence-electron chi connectivity index (χ2n) is 9.42. The van der Waals surface area contributed by atoms with E-state index in [2.05, 4.69) is 10.2 Å². The van der Waals surface area contributed by atoms with E-state index < -0.39 is 0 Å². The molecule has 1 saturated carbocycles. The van der Waals surface area contributed by atoms with E-state index >= 15 is 0 Å². The number of ether oxygens (including phenoxy) is 1. The number of benzene rings is 1. The van der Waals surface area contributed by atoms with Crippen molar-refractivity contribution in [3.63, 3.8) is 0 Å². The monoisotopic (exact) mass is 413 g/mol. The van der Waals surface area contributed by atoms with Gasteiger partial charge < -0.3 is 19.9 Å². The van der Waals surface area contributed by atoms with E-state index in [1.54, 1.807) is 12.0 Å². The molecule has 0 aromatic heterocycles. The average Bonchev–Trinajstić information content (AvgIpc) is 3.54. The summed E-state index contributed by atoms with van der Waals surface area (Å²) in [7, 11) is 3.45. The fourth-order valence-electron chi connectivity index (χ4n) is 5.13. The Morgan fingerprint density at radius 3 is 2.50 bits per heavy atom. The molecule has 6 heteroatoms. The number of rotatable bonds is 7. The van der Waals surface area contributed by atoms with Crippen LogP contribution in [0.25, 0.3) is 0 Å². The summed E-state index contributed by atoms with van der Waals surface area (Å²) in [6.45, 7) is 4.26. The maximum Gasteiger partial charge on any atom is 0.225 e. The highest BCUT2D eigenvalue weighted by atomic mass is 16.5. The minimum atomic E-state index is -0.227. The van der Waals surface area contributed by atoms with Gasteiger partial charge in [-0.15, -0.1) is 0 Å². The highest BCUT2D eigenvalue weighted by Crippen LogP contribution is 2.46. The van der Waals surface area contributed by atoms with Crippen molar-refractivity contribution >= 4 is 11.8 Å². The third kappa shape index (κ3) is 4.64. The first-order valence-corrected chi connectivity index (χ1v) is 11.4. The van der Waals surface area contributed by atoms with E-state index in [1.807, 2.05) is 31.3 Å². The van der Waals surface area contributed by atoms with Gasteiger partial charge in [-0.2, -0.15) is 0 Å². The van der Waals surface area contributed by atoms with Gasteiger partial charge in [-0.1, -0.05) is 18.6 Å². The van der Waals surface area contributed by atoms with Crippen molar-refractivity contribution in [1.82, 2.24) is 15.1 Å². The lowest BCUT2D eigenvalue weighted by molar-refractivity contribution is -0.141. The van der Waals surface area contributed by atoms with Crippen molar-refractivity contribution in [1.29, 1.82) is 0 Å². The number of hydrogen-bond acceptors (Lipinski definition) is 4. The molecule has 2 saturated heterocycles. The molecule has 0 radical (unpaired) electrons. The Balaban J connectivity index is 1.41. The topological polar surface area (TPSA) is 61.9 Å². The van der Waals surface area contributed by atoms with Gasteiger partial charge in [-0.3, -0.25) is 9.59 Å². The van der Waals surface area contributed by atoms with E-state index in [4.69, 9.17) is 4.74 Å². The molecule has 3 aliphatic rings. The van der Waals surface area contributed by atoms with Crippen LogP contribution in [-0.2, 0) is 9.59 Å². The van der Waals surface area contributed by atoms with Crippen LogP contribution in [0.2, 0.25) is 0 Å². The summed E-state index contributed by atoms with van der Waals surface area (Å²) in [6, 6.07) is 7.51. The summed E-state index contributed by atoms with van der Waals surface area (Å²) in [6.07, 6.45) is 7.39. The first-order chi connectivity index (χ1) is 14.5. The molecular formula is C24H35N3O3. The van der Waals surface area contributed by atoms with Gasteiger partial charge in [0, 0.05) is 32.0 Å². The normalized spacial score (nSPS) is 26.3. The van der Waals surface area contributed by atoms with Gasteiger partial charge in [-0.25, -0.2) is 0 Å². The molecule has 1 aromatic carbocycles. The van der Waals surface area contributed by atoms with Crippen molar-refractivity contribution in [3.05, 3.63) is 29.8 Å². The zero-order valence-corrected chi connectivity index (χ0v) is 18.4. The summed E-state index contributed by atoms with van der Waals surface area (Å²) in [5, 5.41) is 3.27. The number of carbonyl (C=O) groups excluding carboxylic acids is 2. The van der Waals surface area contributed by atoms with E-state index in [0.29, 0.717) is 12.8 Å². The number of methoxy groups -OCH3 is 1. The Bertz CT molecular complexity index is 753. The Kier molecular flexibility index (Phi) is 6.32. The number of likely N-dealkylation sites (tertiary alicyclic amines) is 2. The highest BCUT2D eigenvalue weighted by Gasteiger charge is 2.45. The molecule has 2 aliphatic heterocycles. The van der Waals surface area contributed by atoms with Crippen LogP contribution in [0.3, 0.4) is 0 Å². The van der Waals surface area contributed by atoms with Crippen LogP contribution in [0.15, 0.2) is 24.3 Å². The third-order valence-electron chi connectivity index (χ3n) is 7.26. The van der Waals surface area contributed by atoms with Crippen molar-refractivity contribution in [3.8, 4) is 5.75 Å². The van der Waals surface area contributed by atoms with Gasteiger partial charge in [0.1, 0.15) is 5.75 Å². The zero-order chi connectivity index (χ0) is 21.1. The van der Waals surface area contributed by atoms with Crippen LogP contribution in [0.1, 0.15) is 56.6 Å². The molecule has 2 unspecified atom stereocenters. The lowest BCUT2D eigenvalue weighted by Gasteiger charge is -2.39. The van der Waals surface area contributed by atoms with E-state index in [-0.39, 0.29) is 29.2 Å². The van der Waals surface area contributed by atoms with Gasteiger partial charge in [0.2, 0.25) is 11.8 Å². The molecule has 1 aliphatic carbocycles. The fourth-order valence-corrected chi connectivity index (χ4v) is 5.13. The van der Waals surface area contributed by atoms with Crippen LogP contribution in [0.5, 0.6) is 5.75 Å². The Morgan fingerprint density at radius 1 is 1.17 bits per heavy atom. The lowest BCUT2D eigenvalue weighted by Crippen LogP contribution is -2.48. The van der Waals surface area contributed by atoms with E-state index in [0.717, 1.165) is 24.4 Å². The van der Waals surface area contributed by atoms with Crippen molar-refractivity contribution < 1.29 is 14.3 Å².